The lowest BCUT2D eigenvalue weighted by atomic mass is 10.2. The monoisotopic (exact) mass is 405 g/mol. The van der Waals surface area contributed by atoms with Crippen molar-refractivity contribution in [1.82, 2.24) is 24.1 Å². The number of para-hydroxylation sites is 2. The Hall–Kier alpha value is -2.76. The van der Waals surface area contributed by atoms with Gasteiger partial charge in [0.25, 0.3) is 5.56 Å². The third kappa shape index (κ3) is 3.38. The summed E-state index contributed by atoms with van der Waals surface area (Å²) in [6.07, 6.45) is 6.19. The molecular weight excluding hydrogens is 374 g/mol. The summed E-state index contributed by atoms with van der Waals surface area (Å²) in [6, 6.07) is 7.95. The number of hydrogen-bond donors (Lipinski definition) is 0. The van der Waals surface area contributed by atoms with Crippen LogP contribution in [0.1, 0.15) is 71.7 Å². The van der Waals surface area contributed by atoms with Gasteiger partial charge in [0.05, 0.1) is 11.0 Å². The summed E-state index contributed by atoms with van der Waals surface area (Å²) in [4.78, 5) is 28.5. The van der Waals surface area contributed by atoms with Crippen LogP contribution in [0.2, 0.25) is 0 Å². The van der Waals surface area contributed by atoms with Gasteiger partial charge in [-0.2, -0.15) is 0 Å². The van der Waals surface area contributed by atoms with Gasteiger partial charge in [0, 0.05) is 19.0 Å². The zero-order valence-corrected chi connectivity index (χ0v) is 18.5. The SMILES string of the molecule is CCCCCCn1c2nc3ccccc3nc2c2c(=O)n([C@@H](C)CC)c(CC)nc21. The molecule has 0 aliphatic carbocycles. The Balaban J connectivity index is 2.06. The summed E-state index contributed by atoms with van der Waals surface area (Å²) < 4.78 is 3.99. The summed E-state index contributed by atoms with van der Waals surface area (Å²) in [5, 5.41) is 0.608. The Morgan fingerprint density at radius 3 is 2.33 bits per heavy atom. The maximum atomic E-state index is 13.7. The van der Waals surface area contributed by atoms with E-state index in [9.17, 15) is 4.79 Å². The maximum absolute atomic E-state index is 13.7. The van der Waals surface area contributed by atoms with Crippen LogP contribution in [0.4, 0.5) is 0 Å². The molecule has 0 spiro atoms. The number of nitrogens with zero attached hydrogens (tertiary/aromatic N) is 5. The van der Waals surface area contributed by atoms with Gasteiger partial charge in [-0.25, -0.2) is 15.0 Å². The Labute approximate surface area is 177 Å². The van der Waals surface area contributed by atoms with E-state index in [-0.39, 0.29) is 11.6 Å². The summed E-state index contributed by atoms with van der Waals surface area (Å²) in [5.74, 6) is 0.837. The number of fused-ring (bicyclic) bond motifs is 4. The molecule has 0 amide bonds. The molecule has 0 unspecified atom stereocenters. The van der Waals surface area contributed by atoms with Crippen molar-refractivity contribution in [1.29, 1.82) is 0 Å². The first-order valence-electron chi connectivity index (χ1n) is 11.3. The Kier molecular flexibility index (Phi) is 5.84. The molecule has 158 valence electrons. The second-order valence-electron chi connectivity index (χ2n) is 8.11. The summed E-state index contributed by atoms with van der Waals surface area (Å²) in [6.45, 7) is 9.26. The van der Waals surface area contributed by atoms with Crippen LogP contribution in [0.15, 0.2) is 29.1 Å². The molecule has 0 N–H and O–H groups in total. The Bertz CT molecular complexity index is 1250. The predicted octanol–water partition coefficient (Wildman–Crippen LogP) is 5.41. The fraction of sp³-hybridized carbons (Fsp3) is 0.500. The predicted molar refractivity (Wildman–Crippen MR) is 123 cm³/mol. The van der Waals surface area contributed by atoms with E-state index in [0.29, 0.717) is 10.9 Å². The number of benzene rings is 1. The smallest absolute Gasteiger partial charge is 0.265 e. The summed E-state index contributed by atoms with van der Waals surface area (Å²) in [7, 11) is 0. The minimum Gasteiger partial charge on any atom is -0.308 e. The molecule has 4 rings (SSSR count). The van der Waals surface area contributed by atoms with Crippen LogP contribution >= 0.6 is 0 Å². The van der Waals surface area contributed by atoms with Crippen molar-refractivity contribution in [3.63, 3.8) is 0 Å². The van der Waals surface area contributed by atoms with Crippen molar-refractivity contribution in [2.45, 2.75) is 78.8 Å². The van der Waals surface area contributed by atoms with Crippen LogP contribution in [-0.2, 0) is 13.0 Å². The lowest BCUT2D eigenvalue weighted by molar-refractivity contribution is 0.488. The second kappa shape index (κ2) is 8.54. The van der Waals surface area contributed by atoms with Crippen molar-refractivity contribution in [2.75, 3.05) is 0 Å². The molecule has 6 heteroatoms. The van der Waals surface area contributed by atoms with Crippen LogP contribution in [0.3, 0.4) is 0 Å². The number of unbranched alkanes of at least 4 members (excludes halogenated alkanes) is 3. The highest BCUT2D eigenvalue weighted by molar-refractivity contribution is 6.04. The first-order valence-corrected chi connectivity index (χ1v) is 11.3. The van der Waals surface area contributed by atoms with Crippen molar-refractivity contribution in [3.05, 3.63) is 40.4 Å². The quantitative estimate of drug-likeness (QED) is 0.368. The molecule has 0 saturated heterocycles. The van der Waals surface area contributed by atoms with Gasteiger partial charge in [-0.05, 0) is 31.9 Å². The fourth-order valence-corrected chi connectivity index (χ4v) is 4.21. The zero-order chi connectivity index (χ0) is 21.3. The van der Waals surface area contributed by atoms with Gasteiger partial charge in [0.1, 0.15) is 16.7 Å². The lowest BCUT2D eigenvalue weighted by Gasteiger charge is -2.17. The van der Waals surface area contributed by atoms with Crippen LogP contribution in [0.5, 0.6) is 0 Å². The minimum atomic E-state index is 0.00749. The van der Waals surface area contributed by atoms with E-state index in [1.807, 2.05) is 28.8 Å². The normalized spacial score (nSPS) is 12.9. The largest absolute Gasteiger partial charge is 0.308 e. The van der Waals surface area contributed by atoms with Crippen LogP contribution < -0.4 is 5.56 Å². The molecule has 0 radical (unpaired) electrons. The van der Waals surface area contributed by atoms with Gasteiger partial charge in [-0.15, -0.1) is 0 Å². The molecule has 0 aliphatic rings. The molecule has 4 aromatic rings. The zero-order valence-electron chi connectivity index (χ0n) is 18.5. The van der Waals surface area contributed by atoms with E-state index < -0.39 is 0 Å². The second-order valence-corrected chi connectivity index (χ2v) is 8.11. The van der Waals surface area contributed by atoms with Crippen molar-refractivity contribution in [3.8, 4) is 0 Å². The van der Waals surface area contributed by atoms with E-state index in [1.165, 1.54) is 12.8 Å². The summed E-state index contributed by atoms with van der Waals surface area (Å²) in [5.41, 5.74) is 3.85. The highest BCUT2D eigenvalue weighted by Gasteiger charge is 2.23. The topological polar surface area (TPSA) is 65.6 Å². The van der Waals surface area contributed by atoms with E-state index in [0.717, 1.165) is 60.4 Å². The van der Waals surface area contributed by atoms with Crippen molar-refractivity contribution >= 4 is 33.2 Å². The molecule has 3 heterocycles. The van der Waals surface area contributed by atoms with E-state index in [2.05, 4.69) is 32.3 Å². The molecule has 0 aliphatic heterocycles. The molecule has 1 atom stereocenters. The number of aryl methyl sites for hydroxylation is 2. The van der Waals surface area contributed by atoms with Crippen LogP contribution in [0.25, 0.3) is 33.2 Å². The van der Waals surface area contributed by atoms with Gasteiger partial charge in [-0.3, -0.25) is 9.36 Å². The van der Waals surface area contributed by atoms with Gasteiger partial charge >= 0.3 is 0 Å². The van der Waals surface area contributed by atoms with E-state index >= 15 is 0 Å². The third-order valence-corrected chi connectivity index (χ3v) is 6.05. The van der Waals surface area contributed by atoms with E-state index in [1.54, 1.807) is 0 Å². The molecule has 0 saturated carbocycles. The number of aromatic nitrogens is 5. The standard InChI is InChI=1S/C24H31N5O/c1-5-8-9-12-15-28-22-20(24(30)29(16(4)6-2)19(7-3)27-22)21-23(28)26-18-14-11-10-13-17(18)25-21/h10-11,13-14,16H,5-9,12,15H2,1-4H3/t16-/m0/s1. The van der Waals surface area contributed by atoms with Crippen LogP contribution in [0, 0.1) is 0 Å². The average Bonchev–Trinajstić information content (AvgIpc) is 3.07. The highest BCUT2D eigenvalue weighted by Crippen LogP contribution is 2.27. The molecular formula is C24H31N5O. The third-order valence-electron chi connectivity index (χ3n) is 6.05. The minimum absolute atomic E-state index is 0.00749. The summed E-state index contributed by atoms with van der Waals surface area (Å²) >= 11 is 0. The Morgan fingerprint density at radius 1 is 0.933 bits per heavy atom. The number of hydrogen-bond acceptors (Lipinski definition) is 4. The molecule has 0 bridgehead atoms. The Morgan fingerprint density at radius 2 is 1.67 bits per heavy atom. The average molecular weight is 406 g/mol. The van der Waals surface area contributed by atoms with Gasteiger partial charge in [-0.1, -0.05) is 52.2 Å². The molecule has 1 aromatic carbocycles. The molecule has 3 aromatic heterocycles. The molecule has 0 fully saturated rings. The maximum Gasteiger partial charge on any atom is 0.265 e. The van der Waals surface area contributed by atoms with E-state index in [4.69, 9.17) is 15.0 Å². The van der Waals surface area contributed by atoms with Crippen molar-refractivity contribution < 1.29 is 0 Å². The first-order chi connectivity index (χ1) is 14.6. The molecule has 6 nitrogen and oxygen atoms in total. The lowest BCUT2D eigenvalue weighted by Crippen LogP contribution is -2.28. The van der Waals surface area contributed by atoms with Crippen LogP contribution in [-0.4, -0.2) is 24.1 Å². The van der Waals surface area contributed by atoms with Crippen molar-refractivity contribution in [2.24, 2.45) is 0 Å². The number of rotatable bonds is 8. The van der Waals surface area contributed by atoms with Gasteiger partial charge < -0.3 is 4.57 Å². The van der Waals surface area contributed by atoms with Gasteiger partial charge in [0.2, 0.25) is 0 Å². The highest BCUT2D eigenvalue weighted by atomic mass is 16.1. The molecule has 30 heavy (non-hydrogen) atoms. The first kappa shape index (κ1) is 20.5. The van der Waals surface area contributed by atoms with Gasteiger partial charge in [0.15, 0.2) is 11.3 Å². The fourth-order valence-electron chi connectivity index (χ4n) is 4.21.